The van der Waals surface area contributed by atoms with Crippen LogP contribution < -0.4 is 5.32 Å². The number of hydrogen-bond donors (Lipinski definition) is 3. The highest BCUT2D eigenvalue weighted by Gasteiger charge is 2.73. The predicted octanol–water partition coefficient (Wildman–Crippen LogP) is 0.791. The Morgan fingerprint density at radius 2 is 2.06 bits per heavy atom. The van der Waals surface area contributed by atoms with E-state index in [0.29, 0.717) is 50.4 Å². The summed E-state index contributed by atoms with van der Waals surface area (Å²) in [5.74, 6) is -0.0101. The summed E-state index contributed by atoms with van der Waals surface area (Å²) >= 11 is 0. The number of carbonyl (C=O) groups is 2. The van der Waals surface area contributed by atoms with Crippen LogP contribution in [0.4, 0.5) is 0 Å². The molecule has 8 nitrogen and oxygen atoms in total. The van der Waals surface area contributed by atoms with Gasteiger partial charge in [0.2, 0.25) is 5.78 Å². The second-order valence-corrected chi connectivity index (χ2v) is 10.7. The number of ketones is 2. The van der Waals surface area contributed by atoms with E-state index >= 15 is 0 Å². The van der Waals surface area contributed by atoms with Gasteiger partial charge in [-0.2, -0.15) is 5.26 Å². The highest BCUT2D eigenvalue weighted by Crippen LogP contribution is 2.63. The van der Waals surface area contributed by atoms with Crippen LogP contribution in [0.25, 0.3) is 0 Å². The van der Waals surface area contributed by atoms with E-state index in [0.717, 1.165) is 18.7 Å². The summed E-state index contributed by atoms with van der Waals surface area (Å²) in [4.78, 5) is 31.3. The van der Waals surface area contributed by atoms with Crippen molar-refractivity contribution in [1.82, 2.24) is 15.1 Å². The first-order chi connectivity index (χ1) is 15.4. The Morgan fingerprint density at radius 1 is 1.25 bits per heavy atom. The molecular formula is C24H30N4O4. The first-order valence-corrected chi connectivity index (χ1v) is 11.9. The number of carbonyl (C=O) groups excluding carboxylic acids is 2. The summed E-state index contributed by atoms with van der Waals surface area (Å²) in [7, 11) is 0. The SMILES string of the molecule is N#CCN1CNC[C@]12CC[C@@]1(O)[C@H]3CC4=C(C=C(O)C(=O)C4)[C@@]1(CCN3CC1CC1)C2=O. The highest BCUT2D eigenvalue weighted by molar-refractivity contribution is 6.03. The van der Waals surface area contributed by atoms with Gasteiger partial charge in [-0.15, -0.1) is 0 Å². The number of rotatable bonds is 3. The minimum Gasteiger partial charge on any atom is -0.504 e. The van der Waals surface area contributed by atoms with Gasteiger partial charge in [0.05, 0.1) is 35.8 Å². The molecule has 0 unspecified atom stereocenters. The summed E-state index contributed by atoms with van der Waals surface area (Å²) in [5.41, 5.74) is -1.67. The van der Waals surface area contributed by atoms with Crippen LogP contribution in [0.3, 0.4) is 0 Å². The Labute approximate surface area is 187 Å². The van der Waals surface area contributed by atoms with E-state index in [1.165, 1.54) is 18.9 Å². The van der Waals surface area contributed by atoms with E-state index in [1.807, 2.05) is 4.90 Å². The van der Waals surface area contributed by atoms with Crippen molar-refractivity contribution in [2.45, 2.75) is 62.1 Å². The normalized spacial score (nSPS) is 42.0. The molecule has 2 saturated carbocycles. The number of aliphatic hydroxyl groups is 2. The van der Waals surface area contributed by atoms with Crippen LogP contribution in [0.15, 0.2) is 23.0 Å². The van der Waals surface area contributed by atoms with Crippen molar-refractivity contribution in [3.05, 3.63) is 23.0 Å². The molecule has 4 fully saturated rings. The average Bonchev–Trinajstić information content (AvgIpc) is 3.49. The van der Waals surface area contributed by atoms with Crippen molar-refractivity contribution >= 4 is 11.6 Å². The maximum Gasteiger partial charge on any atom is 0.201 e. The lowest BCUT2D eigenvalue weighted by Gasteiger charge is -2.66. The van der Waals surface area contributed by atoms with Gasteiger partial charge in [0, 0.05) is 25.6 Å². The molecule has 2 aliphatic heterocycles. The summed E-state index contributed by atoms with van der Waals surface area (Å²) in [6.07, 6.45) is 6.04. The van der Waals surface area contributed by atoms with Crippen molar-refractivity contribution < 1.29 is 19.8 Å². The molecule has 0 aromatic heterocycles. The second-order valence-electron chi connectivity index (χ2n) is 10.7. The number of nitrogens with zero attached hydrogens (tertiary/aromatic N) is 3. The number of nitriles is 1. The second kappa shape index (κ2) is 6.73. The summed E-state index contributed by atoms with van der Waals surface area (Å²) in [6.45, 7) is 2.73. The van der Waals surface area contributed by atoms with E-state index < -0.39 is 16.6 Å². The van der Waals surface area contributed by atoms with Crippen molar-refractivity contribution in [3.63, 3.8) is 0 Å². The molecule has 0 amide bonds. The Morgan fingerprint density at radius 3 is 2.81 bits per heavy atom. The molecule has 2 heterocycles. The van der Waals surface area contributed by atoms with Gasteiger partial charge in [-0.1, -0.05) is 5.57 Å². The number of Topliss-reactive ketones (excluding diaryl/α,β-unsaturated/α-hetero) is 2. The molecule has 32 heavy (non-hydrogen) atoms. The Bertz CT molecular complexity index is 1010. The van der Waals surface area contributed by atoms with Gasteiger partial charge in [0.15, 0.2) is 11.5 Å². The van der Waals surface area contributed by atoms with Crippen LogP contribution in [0.2, 0.25) is 0 Å². The summed E-state index contributed by atoms with van der Waals surface area (Å²) < 4.78 is 0. The molecule has 0 aromatic carbocycles. The van der Waals surface area contributed by atoms with Crippen LogP contribution in [-0.2, 0) is 9.59 Å². The number of aliphatic hydroxyl groups excluding tert-OH is 1. The molecule has 0 radical (unpaired) electrons. The molecule has 0 aromatic rings. The maximum absolute atomic E-state index is 14.6. The Balaban J connectivity index is 1.51. The molecule has 8 heteroatoms. The van der Waals surface area contributed by atoms with Gasteiger partial charge >= 0.3 is 0 Å². The summed E-state index contributed by atoms with van der Waals surface area (Å²) in [5, 5.41) is 35.4. The zero-order valence-electron chi connectivity index (χ0n) is 18.3. The van der Waals surface area contributed by atoms with Crippen molar-refractivity contribution in [1.29, 1.82) is 5.26 Å². The smallest absolute Gasteiger partial charge is 0.201 e. The third-order valence-electron chi connectivity index (χ3n) is 9.23. The number of nitrogens with one attached hydrogen (secondary N) is 1. The summed E-state index contributed by atoms with van der Waals surface area (Å²) in [6, 6.07) is 2.00. The predicted molar refractivity (Wildman–Crippen MR) is 114 cm³/mol. The highest BCUT2D eigenvalue weighted by atomic mass is 16.3. The van der Waals surface area contributed by atoms with Crippen molar-refractivity contribution in [2.75, 3.05) is 32.8 Å². The Hall–Kier alpha value is -2.05. The standard InChI is InChI=1S/C24H30N4O4/c25-6-8-28-14-26-13-22(28)3-4-24(32)20-10-16-9-18(29)19(30)11-17(16)23(24,21(22)31)5-7-27(20)12-15-1-2-15/h11,15,20,26,30,32H,1-5,7-10,12-14H2/t20-,22+,23+,24-/m1/s1. The minimum absolute atomic E-state index is 0.0410. The zero-order chi connectivity index (χ0) is 22.3. The number of likely N-dealkylation sites (tertiary alicyclic amines) is 1. The van der Waals surface area contributed by atoms with Gasteiger partial charge in [0.25, 0.3) is 0 Å². The third kappa shape index (κ3) is 2.45. The zero-order valence-corrected chi connectivity index (χ0v) is 18.3. The first kappa shape index (κ1) is 20.5. The number of allylic oxidation sites excluding steroid dienone is 2. The van der Waals surface area contributed by atoms with E-state index in [9.17, 15) is 25.1 Å². The van der Waals surface area contributed by atoms with Gasteiger partial charge in [0.1, 0.15) is 0 Å². The fourth-order valence-corrected chi connectivity index (χ4v) is 7.47. The van der Waals surface area contributed by atoms with Crippen LogP contribution in [-0.4, -0.2) is 81.6 Å². The molecule has 170 valence electrons. The monoisotopic (exact) mass is 438 g/mol. The van der Waals surface area contributed by atoms with Gasteiger partial charge in [-0.25, -0.2) is 0 Å². The lowest BCUT2D eigenvalue weighted by Crippen LogP contribution is -2.78. The average molecular weight is 439 g/mol. The third-order valence-corrected chi connectivity index (χ3v) is 9.23. The van der Waals surface area contributed by atoms with Crippen LogP contribution in [0.5, 0.6) is 0 Å². The number of hydrogen-bond acceptors (Lipinski definition) is 8. The molecule has 6 rings (SSSR count). The molecule has 4 aliphatic carbocycles. The Kier molecular flexibility index (Phi) is 4.32. The minimum atomic E-state index is -1.24. The fraction of sp³-hybridized carbons (Fsp3) is 0.708. The molecule has 3 N–H and O–H groups in total. The lowest BCUT2D eigenvalue weighted by molar-refractivity contribution is -0.203. The van der Waals surface area contributed by atoms with Gasteiger partial charge in [-0.05, 0) is 62.6 Å². The molecule has 4 atom stereocenters. The van der Waals surface area contributed by atoms with Crippen LogP contribution in [0, 0.1) is 22.7 Å². The van der Waals surface area contributed by atoms with E-state index in [1.54, 1.807) is 0 Å². The first-order valence-electron chi connectivity index (χ1n) is 11.9. The van der Waals surface area contributed by atoms with Crippen molar-refractivity contribution in [3.8, 4) is 6.07 Å². The topological polar surface area (TPSA) is 117 Å². The fourth-order valence-electron chi connectivity index (χ4n) is 7.47. The van der Waals surface area contributed by atoms with E-state index in [-0.39, 0.29) is 36.3 Å². The molecule has 2 saturated heterocycles. The largest absolute Gasteiger partial charge is 0.504 e. The lowest BCUT2D eigenvalue weighted by atomic mass is 9.45. The van der Waals surface area contributed by atoms with Crippen LogP contribution >= 0.6 is 0 Å². The van der Waals surface area contributed by atoms with E-state index in [2.05, 4.69) is 16.3 Å². The van der Waals surface area contributed by atoms with E-state index in [4.69, 9.17) is 0 Å². The molecule has 1 spiro atoms. The van der Waals surface area contributed by atoms with Crippen LogP contribution in [0.1, 0.15) is 44.9 Å². The number of piperidine rings is 1. The van der Waals surface area contributed by atoms with Crippen molar-refractivity contribution in [2.24, 2.45) is 11.3 Å². The quantitative estimate of drug-likeness (QED) is 0.554. The molecule has 6 aliphatic rings. The van der Waals surface area contributed by atoms with Gasteiger partial charge in [-0.3, -0.25) is 19.4 Å². The molecular weight excluding hydrogens is 408 g/mol. The molecule has 2 bridgehead atoms. The maximum atomic E-state index is 14.6. The van der Waals surface area contributed by atoms with Gasteiger partial charge < -0.3 is 15.5 Å².